The van der Waals surface area contributed by atoms with Crippen molar-refractivity contribution in [2.45, 2.75) is 19.5 Å². The van der Waals surface area contributed by atoms with Crippen LogP contribution in [0.3, 0.4) is 0 Å². The fraction of sp³-hybridized carbons (Fsp3) is 0.182. The van der Waals surface area contributed by atoms with Crippen LogP contribution in [0.2, 0.25) is 0 Å². The van der Waals surface area contributed by atoms with Gasteiger partial charge in [-0.25, -0.2) is 0 Å². The molecule has 1 atom stereocenters. The van der Waals surface area contributed by atoms with Crippen molar-refractivity contribution < 1.29 is 4.79 Å². The number of hydrogen-bond donors (Lipinski definition) is 1. The highest BCUT2D eigenvalue weighted by atomic mass is 16.2. The summed E-state index contributed by atoms with van der Waals surface area (Å²) in [7, 11) is 1.93. The molecule has 130 valence electrons. The number of anilines is 1. The first-order valence-corrected chi connectivity index (χ1v) is 8.56. The van der Waals surface area contributed by atoms with Crippen molar-refractivity contribution in [3.63, 3.8) is 0 Å². The van der Waals surface area contributed by atoms with E-state index in [1.165, 1.54) is 10.8 Å². The van der Waals surface area contributed by atoms with Gasteiger partial charge in [0.25, 0.3) is 0 Å². The minimum absolute atomic E-state index is 0.129. The Balaban J connectivity index is 1.69. The molecule has 26 heavy (non-hydrogen) atoms. The summed E-state index contributed by atoms with van der Waals surface area (Å²) in [4.78, 5) is 14.6. The zero-order valence-corrected chi connectivity index (χ0v) is 14.9. The topological polar surface area (TPSA) is 56.1 Å². The molecule has 0 spiro atoms. The largest absolute Gasteiger partial charge is 0.324 e. The lowest BCUT2D eigenvalue weighted by Crippen LogP contribution is -2.39. The smallest absolute Gasteiger partial charge is 0.241 e. The number of nitriles is 1. The van der Waals surface area contributed by atoms with E-state index >= 15 is 0 Å². The highest BCUT2D eigenvalue weighted by molar-refractivity contribution is 5.95. The number of carbonyl (C=O) groups is 1. The second kappa shape index (κ2) is 7.81. The Hall–Kier alpha value is -3.16. The van der Waals surface area contributed by atoms with Gasteiger partial charge in [0, 0.05) is 6.54 Å². The van der Waals surface area contributed by atoms with Gasteiger partial charge in [-0.1, -0.05) is 48.5 Å². The highest BCUT2D eigenvalue weighted by Gasteiger charge is 2.19. The van der Waals surface area contributed by atoms with Gasteiger partial charge < -0.3 is 5.32 Å². The molecule has 0 aliphatic carbocycles. The lowest BCUT2D eigenvalue weighted by Gasteiger charge is -2.24. The quantitative estimate of drug-likeness (QED) is 0.756. The molecule has 3 aromatic carbocycles. The SMILES string of the molecule is C[C@H](C(=O)Nc1ccccc1C#N)N(C)Cc1ccc2ccccc2c1. The van der Waals surface area contributed by atoms with Crippen molar-refractivity contribution in [1.82, 2.24) is 4.90 Å². The maximum atomic E-state index is 12.6. The van der Waals surface area contributed by atoms with Crippen molar-refractivity contribution in [2.75, 3.05) is 12.4 Å². The summed E-state index contributed by atoms with van der Waals surface area (Å²) in [5.41, 5.74) is 2.17. The molecule has 0 aliphatic rings. The Kier molecular flexibility index (Phi) is 5.31. The predicted octanol–water partition coefficient (Wildman–Crippen LogP) is 4.17. The first kappa shape index (κ1) is 17.7. The summed E-state index contributed by atoms with van der Waals surface area (Å²) in [6.45, 7) is 2.53. The van der Waals surface area contributed by atoms with E-state index in [0.29, 0.717) is 17.8 Å². The van der Waals surface area contributed by atoms with Crippen LogP contribution < -0.4 is 5.32 Å². The highest BCUT2D eigenvalue weighted by Crippen LogP contribution is 2.18. The monoisotopic (exact) mass is 343 g/mol. The molecule has 0 saturated carbocycles. The number of rotatable bonds is 5. The molecule has 3 aromatic rings. The maximum Gasteiger partial charge on any atom is 0.241 e. The Morgan fingerprint density at radius 3 is 2.54 bits per heavy atom. The van der Waals surface area contributed by atoms with Crippen LogP contribution in [0.25, 0.3) is 10.8 Å². The number of hydrogen-bond acceptors (Lipinski definition) is 3. The fourth-order valence-electron chi connectivity index (χ4n) is 2.89. The third kappa shape index (κ3) is 3.90. The van der Waals surface area contributed by atoms with E-state index in [9.17, 15) is 4.79 Å². The fourth-order valence-corrected chi connectivity index (χ4v) is 2.89. The lowest BCUT2D eigenvalue weighted by molar-refractivity contribution is -0.120. The molecular weight excluding hydrogens is 322 g/mol. The third-order valence-corrected chi connectivity index (χ3v) is 4.59. The summed E-state index contributed by atoms with van der Waals surface area (Å²) in [6, 6.07) is 23.4. The molecule has 4 nitrogen and oxygen atoms in total. The number of nitrogens with one attached hydrogen (secondary N) is 1. The first-order valence-electron chi connectivity index (χ1n) is 8.56. The van der Waals surface area contributed by atoms with Gasteiger partial charge in [-0.05, 0) is 48.5 Å². The van der Waals surface area contributed by atoms with Crippen molar-refractivity contribution >= 4 is 22.4 Å². The average molecular weight is 343 g/mol. The van der Waals surface area contributed by atoms with Crippen molar-refractivity contribution in [3.8, 4) is 6.07 Å². The van der Waals surface area contributed by atoms with Gasteiger partial charge in [-0.15, -0.1) is 0 Å². The molecule has 0 bridgehead atoms. The van der Waals surface area contributed by atoms with E-state index in [1.807, 2.05) is 31.0 Å². The van der Waals surface area contributed by atoms with Gasteiger partial charge in [-0.2, -0.15) is 5.26 Å². The van der Waals surface area contributed by atoms with E-state index < -0.39 is 0 Å². The number of nitrogens with zero attached hydrogens (tertiary/aromatic N) is 2. The molecule has 0 heterocycles. The Morgan fingerprint density at radius 2 is 1.77 bits per heavy atom. The molecule has 0 aromatic heterocycles. The zero-order valence-electron chi connectivity index (χ0n) is 14.9. The van der Waals surface area contributed by atoms with E-state index in [4.69, 9.17) is 5.26 Å². The molecule has 0 fully saturated rings. The molecule has 0 aliphatic heterocycles. The Morgan fingerprint density at radius 1 is 1.08 bits per heavy atom. The second-order valence-electron chi connectivity index (χ2n) is 6.42. The van der Waals surface area contributed by atoms with Crippen LogP contribution in [0.1, 0.15) is 18.1 Å². The van der Waals surface area contributed by atoms with Gasteiger partial charge in [0.05, 0.1) is 17.3 Å². The van der Waals surface area contributed by atoms with Gasteiger partial charge >= 0.3 is 0 Å². The van der Waals surface area contributed by atoms with E-state index in [2.05, 4.69) is 41.7 Å². The Labute approximate surface area is 153 Å². The van der Waals surface area contributed by atoms with Crippen molar-refractivity contribution in [1.29, 1.82) is 5.26 Å². The minimum Gasteiger partial charge on any atom is -0.324 e. The molecule has 0 unspecified atom stereocenters. The Bertz CT molecular complexity index is 974. The van der Waals surface area contributed by atoms with Crippen LogP contribution in [0.5, 0.6) is 0 Å². The number of para-hydroxylation sites is 1. The summed E-state index contributed by atoms with van der Waals surface area (Å²) in [5.74, 6) is -0.129. The van der Waals surface area contributed by atoms with Crippen LogP contribution in [0.4, 0.5) is 5.69 Å². The predicted molar refractivity (Wildman–Crippen MR) is 105 cm³/mol. The van der Waals surface area contributed by atoms with Crippen LogP contribution in [0.15, 0.2) is 66.7 Å². The molecule has 1 N–H and O–H groups in total. The average Bonchev–Trinajstić information content (AvgIpc) is 2.67. The van der Waals surface area contributed by atoms with Crippen LogP contribution in [-0.2, 0) is 11.3 Å². The first-order chi connectivity index (χ1) is 12.6. The molecule has 0 radical (unpaired) electrons. The normalized spacial score (nSPS) is 11.9. The van der Waals surface area contributed by atoms with E-state index in [0.717, 1.165) is 5.56 Å². The molecule has 0 saturated heterocycles. The van der Waals surface area contributed by atoms with Crippen LogP contribution >= 0.6 is 0 Å². The maximum absolute atomic E-state index is 12.6. The number of amides is 1. The van der Waals surface area contributed by atoms with Crippen LogP contribution in [-0.4, -0.2) is 23.9 Å². The van der Waals surface area contributed by atoms with Gasteiger partial charge in [0.2, 0.25) is 5.91 Å². The van der Waals surface area contributed by atoms with Crippen molar-refractivity contribution in [3.05, 3.63) is 77.9 Å². The number of benzene rings is 3. The van der Waals surface area contributed by atoms with Gasteiger partial charge in [0.15, 0.2) is 0 Å². The molecule has 1 amide bonds. The van der Waals surface area contributed by atoms with E-state index in [1.54, 1.807) is 24.3 Å². The van der Waals surface area contributed by atoms with Crippen LogP contribution in [0, 0.1) is 11.3 Å². The summed E-state index contributed by atoms with van der Waals surface area (Å²) in [6.07, 6.45) is 0. The lowest BCUT2D eigenvalue weighted by atomic mass is 10.1. The third-order valence-electron chi connectivity index (χ3n) is 4.59. The second-order valence-corrected chi connectivity index (χ2v) is 6.42. The molecule has 4 heteroatoms. The number of likely N-dealkylation sites (N-methyl/N-ethyl adjacent to an activating group) is 1. The zero-order chi connectivity index (χ0) is 18.5. The van der Waals surface area contributed by atoms with E-state index in [-0.39, 0.29) is 11.9 Å². The van der Waals surface area contributed by atoms with Gasteiger partial charge in [0.1, 0.15) is 6.07 Å². The summed E-state index contributed by atoms with van der Waals surface area (Å²) in [5, 5.41) is 14.4. The number of carbonyl (C=O) groups excluding carboxylic acids is 1. The summed E-state index contributed by atoms with van der Waals surface area (Å²) >= 11 is 0. The molecule has 3 rings (SSSR count). The molecular formula is C22H21N3O. The summed E-state index contributed by atoms with van der Waals surface area (Å²) < 4.78 is 0. The standard InChI is InChI=1S/C22H21N3O/c1-16(22(26)24-21-10-6-5-9-20(21)14-23)25(2)15-17-11-12-18-7-3-4-8-19(18)13-17/h3-13,16H,15H2,1-2H3,(H,24,26)/t16-/m1/s1. The minimum atomic E-state index is -0.326. The number of fused-ring (bicyclic) bond motifs is 1. The van der Waals surface area contributed by atoms with Gasteiger partial charge in [-0.3, -0.25) is 9.69 Å². The van der Waals surface area contributed by atoms with Crippen molar-refractivity contribution in [2.24, 2.45) is 0 Å².